The van der Waals surface area contributed by atoms with Crippen molar-refractivity contribution in [1.82, 2.24) is 4.90 Å². The molecule has 1 saturated heterocycles. The number of rotatable bonds is 3. The number of aliphatic hydroxyl groups is 1. The normalized spacial score (nSPS) is 18.0. The Kier molecular flexibility index (Phi) is 6.51. The first-order valence-corrected chi connectivity index (χ1v) is 9.28. The molecule has 2 aromatic rings. The van der Waals surface area contributed by atoms with E-state index in [1.165, 1.54) is 11.6 Å². The molecule has 2 aromatic carbocycles. The molecule has 0 bridgehead atoms. The van der Waals surface area contributed by atoms with Crippen LogP contribution in [-0.4, -0.2) is 42.2 Å². The maximum atomic E-state index is 10.6. The van der Waals surface area contributed by atoms with Crippen LogP contribution >= 0.6 is 0 Å². The quantitative estimate of drug-likeness (QED) is 0.833. The van der Waals surface area contributed by atoms with Crippen molar-refractivity contribution in [2.24, 2.45) is 0 Å². The Balaban J connectivity index is 0.000000177. The standard InChI is InChI=1S/C11H15NO.C7H8O3S/c13-11-6-7-12(9-11)8-10-4-2-1-3-5-10;1-6-4-2-3-5-7(6)11(8,9)10/h1-5,11,13H,6-9H2;2-5H,1H3,(H,8,9,10)/t11-;/m0./s1. The smallest absolute Gasteiger partial charge is 0.294 e. The molecule has 1 heterocycles. The minimum absolute atomic E-state index is 0.0278. The predicted molar refractivity (Wildman–Crippen MR) is 93.3 cm³/mol. The van der Waals surface area contributed by atoms with Crippen molar-refractivity contribution >= 4 is 10.1 Å². The summed E-state index contributed by atoms with van der Waals surface area (Å²) in [5.41, 5.74) is 1.88. The molecule has 2 N–H and O–H groups in total. The summed E-state index contributed by atoms with van der Waals surface area (Å²) in [6.45, 7) is 4.45. The first-order chi connectivity index (χ1) is 11.4. The van der Waals surface area contributed by atoms with Crippen molar-refractivity contribution in [3.05, 3.63) is 65.7 Å². The fourth-order valence-electron chi connectivity index (χ4n) is 2.64. The molecule has 0 saturated carbocycles. The van der Waals surface area contributed by atoms with Gasteiger partial charge in [-0.1, -0.05) is 48.5 Å². The van der Waals surface area contributed by atoms with Crippen LogP contribution in [0.5, 0.6) is 0 Å². The monoisotopic (exact) mass is 349 g/mol. The number of hydrogen-bond acceptors (Lipinski definition) is 4. The molecule has 130 valence electrons. The summed E-state index contributed by atoms with van der Waals surface area (Å²) in [5.74, 6) is 0. The number of nitrogens with zero attached hydrogens (tertiary/aromatic N) is 1. The minimum Gasteiger partial charge on any atom is -0.392 e. The molecule has 0 radical (unpaired) electrons. The van der Waals surface area contributed by atoms with E-state index in [1.807, 2.05) is 6.07 Å². The largest absolute Gasteiger partial charge is 0.392 e. The van der Waals surface area contributed by atoms with E-state index in [9.17, 15) is 13.5 Å². The van der Waals surface area contributed by atoms with E-state index < -0.39 is 10.1 Å². The van der Waals surface area contributed by atoms with Crippen molar-refractivity contribution in [3.8, 4) is 0 Å². The molecule has 1 atom stereocenters. The van der Waals surface area contributed by atoms with Crippen LogP contribution in [0, 0.1) is 6.92 Å². The Morgan fingerprint density at radius 3 is 2.21 bits per heavy atom. The molecule has 0 unspecified atom stereocenters. The SMILES string of the molecule is Cc1ccccc1S(=O)(=O)O.O[C@H]1CCN(Cc2ccccc2)C1. The molecule has 3 rings (SSSR count). The molecular weight excluding hydrogens is 326 g/mol. The molecule has 5 nitrogen and oxygen atoms in total. The second-order valence-electron chi connectivity index (χ2n) is 5.90. The van der Waals surface area contributed by atoms with E-state index >= 15 is 0 Å². The van der Waals surface area contributed by atoms with Gasteiger partial charge in [0.15, 0.2) is 0 Å². The van der Waals surface area contributed by atoms with E-state index in [2.05, 4.69) is 29.2 Å². The van der Waals surface area contributed by atoms with Crippen molar-refractivity contribution in [3.63, 3.8) is 0 Å². The molecule has 1 aliphatic rings. The summed E-state index contributed by atoms with van der Waals surface area (Å²) in [7, 11) is -4.03. The van der Waals surface area contributed by atoms with E-state index in [4.69, 9.17) is 4.55 Å². The van der Waals surface area contributed by atoms with E-state index in [-0.39, 0.29) is 11.0 Å². The molecule has 1 fully saturated rings. The van der Waals surface area contributed by atoms with Crippen molar-refractivity contribution in [1.29, 1.82) is 0 Å². The third-order valence-electron chi connectivity index (χ3n) is 3.87. The number of benzene rings is 2. The maximum absolute atomic E-state index is 10.6. The molecule has 0 amide bonds. The fraction of sp³-hybridized carbons (Fsp3) is 0.333. The van der Waals surface area contributed by atoms with Gasteiger partial charge < -0.3 is 5.11 Å². The van der Waals surface area contributed by atoms with E-state index in [0.29, 0.717) is 5.56 Å². The summed E-state index contributed by atoms with van der Waals surface area (Å²) in [6.07, 6.45) is 0.816. The highest BCUT2D eigenvalue weighted by Gasteiger charge is 2.19. The first kappa shape index (κ1) is 18.6. The maximum Gasteiger partial charge on any atom is 0.294 e. The lowest BCUT2D eigenvalue weighted by Gasteiger charge is -2.14. The average molecular weight is 349 g/mol. The summed E-state index contributed by atoms with van der Waals surface area (Å²) >= 11 is 0. The first-order valence-electron chi connectivity index (χ1n) is 7.83. The Hall–Kier alpha value is -1.73. The highest BCUT2D eigenvalue weighted by atomic mass is 32.2. The molecule has 24 heavy (non-hydrogen) atoms. The summed E-state index contributed by atoms with van der Waals surface area (Å²) in [5, 5.41) is 9.34. The van der Waals surface area contributed by atoms with Gasteiger partial charge in [0, 0.05) is 19.6 Å². The van der Waals surface area contributed by atoms with Crippen LogP contribution in [0.3, 0.4) is 0 Å². The van der Waals surface area contributed by atoms with Crippen LogP contribution in [0.15, 0.2) is 59.5 Å². The summed E-state index contributed by atoms with van der Waals surface area (Å²) in [6, 6.07) is 16.7. The van der Waals surface area contributed by atoms with Gasteiger partial charge in [-0.2, -0.15) is 8.42 Å². The fourth-order valence-corrected chi connectivity index (χ4v) is 3.37. The minimum atomic E-state index is -4.03. The zero-order chi connectivity index (χ0) is 17.6. The van der Waals surface area contributed by atoms with Gasteiger partial charge in [0.05, 0.1) is 11.0 Å². The molecule has 0 aliphatic carbocycles. The van der Waals surface area contributed by atoms with Crippen LogP contribution in [0.1, 0.15) is 17.5 Å². The van der Waals surface area contributed by atoms with Crippen molar-refractivity contribution in [2.75, 3.05) is 13.1 Å². The second kappa shape index (κ2) is 8.39. The summed E-state index contributed by atoms with van der Waals surface area (Å²) in [4.78, 5) is 2.26. The van der Waals surface area contributed by atoms with Gasteiger partial charge in [0.25, 0.3) is 10.1 Å². The third-order valence-corrected chi connectivity index (χ3v) is 4.88. The van der Waals surface area contributed by atoms with Crippen molar-refractivity contribution < 1.29 is 18.1 Å². The number of aryl methyl sites for hydroxylation is 1. The van der Waals surface area contributed by atoms with Crippen LogP contribution in [0.2, 0.25) is 0 Å². The topological polar surface area (TPSA) is 77.8 Å². The van der Waals surface area contributed by atoms with Gasteiger partial charge in [0.1, 0.15) is 0 Å². The van der Waals surface area contributed by atoms with Gasteiger partial charge in [-0.15, -0.1) is 0 Å². The molecule has 0 spiro atoms. The van der Waals surface area contributed by atoms with Gasteiger partial charge in [-0.05, 0) is 30.5 Å². The summed E-state index contributed by atoms with van der Waals surface area (Å²) < 4.78 is 29.9. The van der Waals surface area contributed by atoms with Crippen LogP contribution in [0.25, 0.3) is 0 Å². The number of hydrogen-bond donors (Lipinski definition) is 2. The highest BCUT2D eigenvalue weighted by Crippen LogP contribution is 2.13. The highest BCUT2D eigenvalue weighted by molar-refractivity contribution is 7.85. The number of likely N-dealkylation sites (tertiary alicyclic amines) is 1. The van der Waals surface area contributed by atoms with Gasteiger partial charge in [0.2, 0.25) is 0 Å². The molecular formula is C18H23NO4S. The zero-order valence-corrected chi connectivity index (χ0v) is 14.5. The predicted octanol–water partition coefficient (Wildman–Crippen LogP) is 2.49. The molecule has 0 aromatic heterocycles. The average Bonchev–Trinajstić information content (AvgIpc) is 2.93. The Labute approximate surface area is 143 Å². The van der Waals surface area contributed by atoms with Gasteiger partial charge >= 0.3 is 0 Å². The Bertz CT molecular complexity index is 747. The third kappa shape index (κ3) is 5.72. The Morgan fingerprint density at radius 2 is 1.71 bits per heavy atom. The van der Waals surface area contributed by atoms with E-state index in [1.54, 1.807) is 25.1 Å². The second-order valence-corrected chi connectivity index (χ2v) is 7.29. The van der Waals surface area contributed by atoms with Crippen molar-refractivity contribution in [2.45, 2.75) is 30.9 Å². The lowest BCUT2D eigenvalue weighted by molar-refractivity contribution is 0.175. The van der Waals surface area contributed by atoms with E-state index in [0.717, 1.165) is 26.1 Å². The van der Waals surface area contributed by atoms with Gasteiger partial charge in [-0.3, -0.25) is 9.45 Å². The molecule has 6 heteroatoms. The lowest BCUT2D eigenvalue weighted by atomic mass is 10.2. The number of β-amino-alcohol motifs (C(OH)–C–C–N with tert-alkyl or cyclic N) is 1. The van der Waals surface area contributed by atoms with Crippen LogP contribution < -0.4 is 0 Å². The number of aliphatic hydroxyl groups excluding tert-OH is 1. The Morgan fingerprint density at radius 1 is 1.08 bits per heavy atom. The van der Waals surface area contributed by atoms with Crippen LogP contribution in [-0.2, 0) is 16.7 Å². The van der Waals surface area contributed by atoms with Crippen LogP contribution in [0.4, 0.5) is 0 Å². The lowest BCUT2D eigenvalue weighted by Crippen LogP contribution is -2.21. The van der Waals surface area contributed by atoms with Gasteiger partial charge in [-0.25, -0.2) is 0 Å². The molecule has 1 aliphatic heterocycles. The zero-order valence-electron chi connectivity index (χ0n) is 13.7.